The first-order valence-electron chi connectivity index (χ1n) is 19.7. The Balaban J connectivity index is 3.50. The average Bonchev–Trinajstić information content (AvgIpc) is 2.96. The van der Waals surface area contributed by atoms with Gasteiger partial charge in [-0.2, -0.15) is 0 Å². The highest BCUT2D eigenvalue weighted by atomic mass is 15.1. The van der Waals surface area contributed by atoms with Gasteiger partial charge in [0.2, 0.25) is 0 Å². The summed E-state index contributed by atoms with van der Waals surface area (Å²) in [7, 11) is 4.64. The van der Waals surface area contributed by atoms with Crippen molar-refractivity contribution in [3.63, 3.8) is 0 Å². The van der Waals surface area contributed by atoms with Gasteiger partial charge in [-0.15, -0.1) is 0 Å². The van der Waals surface area contributed by atoms with Crippen molar-refractivity contribution >= 4 is 0 Å². The van der Waals surface area contributed by atoms with Gasteiger partial charge in [-0.3, -0.25) is 0 Å². The van der Waals surface area contributed by atoms with Crippen molar-refractivity contribution in [2.75, 3.05) is 14.1 Å². The summed E-state index contributed by atoms with van der Waals surface area (Å²) in [6.07, 6.45) is 49.5. The molecule has 1 heteroatoms. The van der Waals surface area contributed by atoms with Crippen LogP contribution in [-0.4, -0.2) is 24.5 Å². The van der Waals surface area contributed by atoms with Gasteiger partial charge in [-0.1, -0.05) is 219 Å². The molecular weight excluding hydrogens is 494 g/mol. The monoisotopic (exact) mass is 578 g/mol. The van der Waals surface area contributed by atoms with Crippen LogP contribution in [0, 0.1) is 0 Å². The Hall–Kier alpha value is -0.0400. The molecule has 0 radical (unpaired) electrons. The van der Waals surface area contributed by atoms with Gasteiger partial charge in [0.1, 0.15) is 0 Å². The molecule has 0 bridgehead atoms. The van der Waals surface area contributed by atoms with Gasteiger partial charge in [0.25, 0.3) is 0 Å². The molecule has 0 saturated heterocycles. The van der Waals surface area contributed by atoms with Gasteiger partial charge in [0.15, 0.2) is 0 Å². The molecule has 0 aromatic rings. The molecule has 0 aliphatic carbocycles. The predicted octanol–water partition coefficient (Wildman–Crippen LogP) is 14.6. The van der Waals surface area contributed by atoms with E-state index in [0.29, 0.717) is 5.54 Å². The zero-order valence-electron chi connectivity index (χ0n) is 30.0. The first kappa shape index (κ1) is 41.0. The fraction of sp³-hybridized carbons (Fsp3) is 1.00. The molecule has 0 rings (SSSR count). The predicted molar refractivity (Wildman–Crippen MR) is 190 cm³/mol. The zero-order chi connectivity index (χ0) is 30.1. The third-order valence-corrected chi connectivity index (χ3v) is 10.2. The van der Waals surface area contributed by atoms with Gasteiger partial charge < -0.3 is 4.90 Å². The molecule has 0 N–H and O–H groups in total. The van der Waals surface area contributed by atoms with Crippen molar-refractivity contribution in [2.24, 2.45) is 0 Å². The number of nitrogens with zero attached hydrogens (tertiary/aromatic N) is 1. The average molecular weight is 578 g/mol. The molecule has 1 nitrogen and oxygen atoms in total. The first-order chi connectivity index (χ1) is 20.1. The lowest BCUT2D eigenvalue weighted by molar-refractivity contribution is 0.139. The van der Waals surface area contributed by atoms with Crippen molar-refractivity contribution < 1.29 is 0 Å². The second-order valence-corrected chi connectivity index (χ2v) is 14.5. The van der Waals surface area contributed by atoms with Crippen LogP contribution >= 0.6 is 0 Å². The SMILES string of the molecule is CCCCCCCCCCCCCCCCCCC(C)(CCCCCCCCCCCCCCCCCC)N(C)C. The van der Waals surface area contributed by atoms with Gasteiger partial charge in [0, 0.05) is 5.54 Å². The molecule has 0 saturated carbocycles. The van der Waals surface area contributed by atoms with E-state index in [1.807, 2.05) is 0 Å². The maximum atomic E-state index is 2.53. The molecule has 0 aliphatic heterocycles. The largest absolute Gasteiger partial charge is 0.304 e. The molecule has 248 valence electrons. The molecule has 0 aromatic carbocycles. The summed E-state index contributed by atoms with van der Waals surface area (Å²) in [5.74, 6) is 0. The minimum Gasteiger partial charge on any atom is -0.304 e. The maximum absolute atomic E-state index is 2.53. The number of hydrogen-bond donors (Lipinski definition) is 0. The van der Waals surface area contributed by atoms with Gasteiger partial charge in [0.05, 0.1) is 0 Å². The maximum Gasteiger partial charge on any atom is 0.0175 e. The third-order valence-electron chi connectivity index (χ3n) is 10.2. The van der Waals surface area contributed by atoms with E-state index in [-0.39, 0.29) is 0 Å². The standard InChI is InChI=1S/C40H83N/c1-6-8-10-12-14-16-18-20-22-24-26-28-30-32-34-36-38-40(3,41(4)5)39-37-35-33-31-29-27-25-23-21-19-17-15-13-11-9-7-2/h6-39H2,1-5H3. The molecule has 0 fully saturated rings. The van der Waals surface area contributed by atoms with E-state index < -0.39 is 0 Å². The molecular formula is C40H83N. The summed E-state index contributed by atoms with van der Waals surface area (Å²) in [5, 5.41) is 0. The van der Waals surface area contributed by atoms with Crippen LogP contribution in [-0.2, 0) is 0 Å². The molecule has 0 unspecified atom stereocenters. The van der Waals surface area contributed by atoms with E-state index in [1.165, 1.54) is 218 Å². The fourth-order valence-electron chi connectivity index (χ4n) is 6.68. The summed E-state index contributed by atoms with van der Waals surface area (Å²) < 4.78 is 0. The van der Waals surface area contributed by atoms with Crippen molar-refractivity contribution in [2.45, 2.75) is 245 Å². The van der Waals surface area contributed by atoms with Gasteiger partial charge >= 0.3 is 0 Å². The van der Waals surface area contributed by atoms with E-state index in [0.717, 1.165) is 0 Å². The van der Waals surface area contributed by atoms with Crippen LogP contribution in [0.1, 0.15) is 239 Å². The lowest BCUT2D eigenvalue weighted by Crippen LogP contribution is -2.41. The van der Waals surface area contributed by atoms with Crippen LogP contribution in [0.4, 0.5) is 0 Å². The van der Waals surface area contributed by atoms with E-state index in [9.17, 15) is 0 Å². The summed E-state index contributed by atoms with van der Waals surface area (Å²) >= 11 is 0. The van der Waals surface area contributed by atoms with Crippen molar-refractivity contribution in [3.05, 3.63) is 0 Å². The summed E-state index contributed by atoms with van der Waals surface area (Å²) in [6, 6.07) is 0. The highest BCUT2D eigenvalue weighted by Gasteiger charge is 2.25. The van der Waals surface area contributed by atoms with Crippen LogP contribution in [0.5, 0.6) is 0 Å². The quantitative estimate of drug-likeness (QED) is 0.0677. The van der Waals surface area contributed by atoms with Crippen LogP contribution in [0.15, 0.2) is 0 Å². The molecule has 0 atom stereocenters. The van der Waals surface area contributed by atoms with E-state index in [4.69, 9.17) is 0 Å². The van der Waals surface area contributed by atoms with Crippen molar-refractivity contribution in [1.82, 2.24) is 4.90 Å². The van der Waals surface area contributed by atoms with E-state index >= 15 is 0 Å². The normalized spacial score (nSPS) is 12.1. The van der Waals surface area contributed by atoms with Crippen LogP contribution in [0.3, 0.4) is 0 Å². The first-order valence-corrected chi connectivity index (χ1v) is 19.7. The summed E-state index contributed by atoms with van der Waals surface area (Å²) in [5.41, 5.74) is 0.409. The van der Waals surface area contributed by atoms with Crippen molar-refractivity contribution in [3.8, 4) is 0 Å². The second kappa shape index (κ2) is 32.9. The lowest BCUT2D eigenvalue weighted by Gasteiger charge is -2.37. The highest BCUT2D eigenvalue weighted by Crippen LogP contribution is 2.27. The van der Waals surface area contributed by atoms with E-state index in [1.54, 1.807) is 0 Å². The van der Waals surface area contributed by atoms with Crippen LogP contribution < -0.4 is 0 Å². The Morgan fingerprint density at radius 1 is 0.293 bits per heavy atom. The number of unbranched alkanes of at least 4 members (excludes halogenated alkanes) is 30. The third kappa shape index (κ3) is 29.8. The topological polar surface area (TPSA) is 3.24 Å². The highest BCUT2D eigenvalue weighted by molar-refractivity contribution is 4.82. The van der Waals surface area contributed by atoms with Crippen LogP contribution in [0.25, 0.3) is 0 Å². The van der Waals surface area contributed by atoms with Gasteiger partial charge in [-0.05, 0) is 33.9 Å². The Labute approximate surface area is 263 Å². The minimum absolute atomic E-state index is 0.409. The Kier molecular flexibility index (Phi) is 32.8. The van der Waals surface area contributed by atoms with Gasteiger partial charge in [-0.25, -0.2) is 0 Å². The molecule has 41 heavy (non-hydrogen) atoms. The summed E-state index contributed by atoms with van der Waals surface area (Å²) in [6.45, 7) is 7.15. The Morgan fingerprint density at radius 3 is 0.634 bits per heavy atom. The Morgan fingerprint density at radius 2 is 0.463 bits per heavy atom. The van der Waals surface area contributed by atoms with E-state index in [2.05, 4.69) is 39.8 Å². The smallest absolute Gasteiger partial charge is 0.0175 e. The second-order valence-electron chi connectivity index (χ2n) is 14.5. The fourth-order valence-corrected chi connectivity index (χ4v) is 6.68. The molecule has 0 aliphatic rings. The number of hydrogen-bond acceptors (Lipinski definition) is 1. The van der Waals surface area contributed by atoms with Crippen molar-refractivity contribution in [1.29, 1.82) is 0 Å². The Bertz CT molecular complexity index is 433. The molecule has 0 spiro atoms. The molecule has 0 amide bonds. The number of rotatable bonds is 35. The zero-order valence-corrected chi connectivity index (χ0v) is 30.0. The van der Waals surface area contributed by atoms with Crippen LogP contribution in [0.2, 0.25) is 0 Å². The summed E-state index contributed by atoms with van der Waals surface area (Å²) in [4.78, 5) is 2.53. The molecule has 0 heterocycles. The minimum atomic E-state index is 0.409. The molecule has 0 aromatic heterocycles. The lowest BCUT2D eigenvalue weighted by atomic mass is 9.87.